The minimum atomic E-state index is 0.334. The maximum Gasteiger partial charge on any atom is 0.225 e. The zero-order valence-corrected chi connectivity index (χ0v) is 8.40. The predicted molar refractivity (Wildman–Crippen MR) is 50.0 cm³/mol. The first-order valence-corrected chi connectivity index (χ1v) is 4.64. The molecular formula is C8H9ClN4O. The normalized spacial score (nSPS) is 10.7. The van der Waals surface area contributed by atoms with Crippen molar-refractivity contribution in [2.45, 2.75) is 19.9 Å². The second-order valence-electron chi connectivity index (χ2n) is 2.80. The molecule has 0 aliphatic carbocycles. The van der Waals surface area contributed by atoms with E-state index in [1.165, 1.54) is 6.33 Å². The van der Waals surface area contributed by atoms with Crippen molar-refractivity contribution in [2.75, 3.05) is 0 Å². The Hall–Kier alpha value is -1.36. The molecule has 0 fully saturated rings. The summed E-state index contributed by atoms with van der Waals surface area (Å²) in [4.78, 5) is 4.10. The van der Waals surface area contributed by atoms with Crippen LogP contribution in [0.15, 0.2) is 16.9 Å². The summed E-state index contributed by atoms with van der Waals surface area (Å²) in [6.07, 6.45) is 4.09. The van der Waals surface area contributed by atoms with Gasteiger partial charge in [0.05, 0.1) is 6.20 Å². The van der Waals surface area contributed by atoms with Crippen LogP contribution in [0.2, 0.25) is 5.28 Å². The second-order valence-corrected chi connectivity index (χ2v) is 3.14. The summed E-state index contributed by atoms with van der Waals surface area (Å²) in [6.45, 7) is 2.47. The molecule has 0 aromatic carbocycles. The lowest BCUT2D eigenvalue weighted by Gasteiger charge is -1.96. The van der Waals surface area contributed by atoms with Crippen molar-refractivity contribution in [1.82, 2.24) is 19.7 Å². The lowest BCUT2D eigenvalue weighted by atomic mass is 10.4. The molecule has 2 heterocycles. The average Bonchev–Trinajstić information content (AvgIpc) is 2.77. The Labute approximate surface area is 85.7 Å². The molecule has 2 aromatic rings. The quantitative estimate of drug-likeness (QED) is 0.774. The van der Waals surface area contributed by atoms with Gasteiger partial charge in [0.2, 0.25) is 11.2 Å². The van der Waals surface area contributed by atoms with Gasteiger partial charge >= 0.3 is 0 Å². The fourth-order valence-electron chi connectivity index (χ4n) is 1.08. The molecule has 0 amide bonds. The van der Waals surface area contributed by atoms with E-state index in [0.717, 1.165) is 12.2 Å². The van der Waals surface area contributed by atoms with Crippen molar-refractivity contribution < 1.29 is 4.42 Å². The summed E-state index contributed by atoms with van der Waals surface area (Å²) in [7, 11) is 0. The average molecular weight is 213 g/mol. The number of aromatic nitrogens is 4. The van der Waals surface area contributed by atoms with Gasteiger partial charge in [0.1, 0.15) is 18.6 Å². The van der Waals surface area contributed by atoms with Gasteiger partial charge in [-0.15, -0.1) is 10.2 Å². The molecule has 2 rings (SSSR count). The number of nitrogens with zero attached hydrogens (tertiary/aromatic N) is 4. The standard InChI is InChI=1S/C8H9ClN4O/c1-2-6-3-10-7(14-6)4-13-5-11-12-8(13)9/h3,5H,2,4H2,1H3. The smallest absolute Gasteiger partial charge is 0.225 e. The van der Waals surface area contributed by atoms with E-state index >= 15 is 0 Å². The molecule has 0 bridgehead atoms. The number of aryl methyl sites for hydroxylation is 1. The van der Waals surface area contributed by atoms with Crippen LogP contribution in [0.1, 0.15) is 18.6 Å². The van der Waals surface area contributed by atoms with Crippen molar-refractivity contribution in [3.05, 3.63) is 29.5 Å². The van der Waals surface area contributed by atoms with Gasteiger partial charge in [-0.3, -0.25) is 4.57 Å². The highest BCUT2D eigenvalue weighted by Gasteiger charge is 2.06. The predicted octanol–water partition coefficient (Wildman–Crippen LogP) is 1.53. The zero-order chi connectivity index (χ0) is 9.97. The van der Waals surface area contributed by atoms with Gasteiger partial charge < -0.3 is 4.42 Å². The van der Waals surface area contributed by atoms with Crippen LogP contribution >= 0.6 is 11.6 Å². The van der Waals surface area contributed by atoms with Crippen LogP contribution in [0.5, 0.6) is 0 Å². The molecule has 0 aliphatic heterocycles. The molecular weight excluding hydrogens is 204 g/mol. The van der Waals surface area contributed by atoms with Crippen molar-refractivity contribution in [2.24, 2.45) is 0 Å². The number of halogens is 1. The highest BCUT2D eigenvalue weighted by atomic mass is 35.5. The van der Waals surface area contributed by atoms with Gasteiger partial charge in [-0.05, 0) is 11.6 Å². The topological polar surface area (TPSA) is 56.7 Å². The number of oxazole rings is 1. The molecule has 14 heavy (non-hydrogen) atoms. The fraction of sp³-hybridized carbons (Fsp3) is 0.375. The minimum Gasteiger partial charge on any atom is -0.444 e. The Morgan fingerprint density at radius 3 is 3.00 bits per heavy atom. The molecule has 0 N–H and O–H groups in total. The largest absolute Gasteiger partial charge is 0.444 e. The molecule has 5 nitrogen and oxygen atoms in total. The van der Waals surface area contributed by atoms with E-state index in [1.54, 1.807) is 10.8 Å². The summed E-state index contributed by atoms with van der Waals surface area (Å²) in [6, 6.07) is 0. The number of hydrogen-bond acceptors (Lipinski definition) is 4. The molecule has 0 saturated heterocycles. The lowest BCUT2D eigenvalue weighted by Crippen LogP contribution is -1.98. The van der Waals surface area contributed by atoms with Crippen LogP contribution in [0.25, 0.3) is 0 Å². The Bertz CT molecular complexity index is 422. The molecule has 0 unspecified atom stereocenters. The molecule has 0 radical (unpaired) electrons. The summed E-state index contributed by atoms with van der Waals surface area (Å²) >= 11 is 5.75. The van der Waals surface area contributed by atoms with Crippen LogP contribution in [0, 0.1) is 0 Å². The summed E-state index contributed by atoms with van der Waals surface area (Å²) in [5, 5.41) is 7.64. The lowest BCUT2D eigenvalue weighted by molar-refractivity contribution is 0.446. The minimum absolute atomic E-state index is 0.334. The number of hydrogen-bond donors (Lipinski definition) is 0. The van der Waals surface area contributed by atoms with E-state index in [2.05, 4.69) is 15.2 Å². The van der Waals surface area contributed by atoms with Gasteiger partial charge in [0.15, 0.2) is 0 Å². The third kappa shape index (κ3) is 1.77. The maximum absolute atomic E-state index is 5.75. The van der Waals surface area contributed by atoms with E-state index in [9.17, 15) is 0 Å². The Kier molecular flexibility index (Phi) is 2.49. The van der Waals surface area contributed by atoms with E-state index in [4.69, 9.17) is 16.0 Å². The first-order valence-electron chi connectivity index (χ1n) is 4.26. The highest BCUT2D eigenvalue weighted by molar-refractivity contribution is 6.28. The first-order chi connectivity index (χ1) is 6.79. The molecule has 6 heteroatoms. The first kappa shape index (κ1) is 9.21. The van der Waals surface area contributed by atoms with Crippen LogP contribution < -0.4 is 0 Å². The van der Waals surface area contributed by atoms with E-state index in [1.807, 2.05) is 6.92 Å². The molecule has 0 aliphatic rings. The zero-order valence-electron chi connectivity index (χ0n) is 7.64. The monoisotopic (exact) mass is 212 g/mol. The molecule has 0 spiro atoms. The third-order valence-electron chi connectivity index (χ3n) is 1.82. The fourth-order valence-corrected chi connectivity index (χ4v) is 1.22. The van der Waals surface area contributed by atoms with Crippen molar-refractivity contribution in [3.63, 3.8) is 0 Å². The molecule has 74 valence electrons. The van der Waals surface area contributed by atoms with Crippen molar-refractivity contribution >= 4 is 11.6 Å². The molecule has 0 atom stereocenters. The maximum atomic E-state index is 5.75. The van der Waals surface area contributed by atoms with Crippen molar-refractivity contribution in [1.29, 1.82) is 0 Å². The van der Waals surface area contributed by atoms with Gasteiger partial charge in [-0.1, -0.05) is 6.92 Å². The van der Waals surface area contributed by atoms with Gasteiger partial charge in [-0.2, -0.15) is 0 Å². The van der Waals surface area contributed by atoms with Gasteiger partial charge in [0, 0.05) is 6.42 Å². The molecule has 2 aromatic heterocycles. The summed E-state index contributed by atoms with van der Waals surface area (Å²) in [5.41, 5.74) is 0. The van der Waals surface area contributed by atoms with Gasteiger partial charge in [0.25, 0.3) is 0 Å². The second kappa shape index (κ2) is 3.79. The third-order valence-corrected chi connectivity index (χ3v) is 2.12. The van der Waals surface area contributed by atoms with Crippen LogP contribution in [0.3, 0.4) is 0 Å². The van der Waals surface area contributed by atoms with Crippen LogP contribution in [-0.4, -0.2) is 19.7 Å². The summed E-state index contributed by atoms with van der Waals surface area (Å²) < 4.78 is 7.07. The van der Waals surface area contributed by atoms with Crippen molar-refractivity contribution in [3.8, 4) is 0 Å². The Balaban J connectivity index is 2.15. The van der Waals surface area contributed by atoms with Crippen LogP contribution in [0.4, 0.5) is 0 Å². The highest BCUT2D eigenvalue weighted by Crippen LogP contribution is 2.09. The number of rotatable bonds is 3. The summed E-state index contributed by atoms with van der Waals surface area (Å²) in [5.74, 6) is 1.48. The SMILES string of the molecule is CCc1cnc(Cn2cnnc2Cl)o1. The molecule has 0 saturated carbocycles. The van der Waals surface area contributed by atoms with Gasteiger partial charge in [-0.25, -0.2) is 4.98 Å². The van der Waals surface area contributed by atoms with E-state index in [0.29, 0.717) is 17.7 Å². The Morgan fingerprint density at radius 2 is 2.43 bits per heavy atom. The Morgan fingerprint density at radius 1 is 1.57 bits per heavy atom. The van der Waals surface area contributed by atoms with E-state index in [-0.39, 0.29) is 0 Å². The van der Waals surface area contributed by atoms with Crippen LogP contribution in [-0.2, 0) is 13.0 Å². The van der Waals surface area contributed by atoms with E-state index < -0.39 is 0 Å².